The Labute approximate surface area is 213 Å². The topological polar surface area (TPSA) is 32.3 Å². The summed E-state index contributed by atoms with van der Waals surface area (Å²) in [4.78, 5) is 14.5. The van der Waals surface area contributed by atoms with Gasteiger partial charge in [0.1, 0.15) is 6.54 Å². The molecule has 2 aromatic rings. The van der Waals surface area contributed by atoms with Crippen LogP contribution in [0.2, 0.25) is 0 Å². The van der Waals surface area contributed by atoms with Gasteiger partial charge < -0.3 is 10.2 Å². The molecule has 1 unspecified atom stereocenters. The minimum atomic E-state index is -4.45. The van der Waals surface area contributed by atoms with Crippen LogP contribution in [0.3, 0.4) is 0 Å². The molecule has 2 rings (SSSR count). The lowest BCUT2D eigenvalue weighted by Gasteiger charge is -2.23. The van der Waals surface area contributed by atoms with E-state index in [1.165, 1.54) is 17.2 Å². The highest BCUT2D eigenvalue weighted by Gasteiger charge is 2.28. The lowest BCUT2D eigenvalue weighted by atomic mass is 9.93. The number of carbonyl (C=O) groups is 1. The molecule has 0 aliphatic carbocycles. The van der Waals surface area contributed by atoms with E-state index in [1.54, 1.807) is 13.0 Å². The number of benzene rings is 2. The first-order valence-electron chi connectivity index (χ1n) is 12.5. The standard InChI is InChI=1S/C30H39F3N2O/c1-7-9-25(11-8-10-22(3)26-15-12-21(2)13-16-26)18-35(6)19-28-23(4)14-17-27(24(28)5)29(36)34-20-30(31,32)33/h12-17,19,25H,3-4,7-11,18,20H2,1-2,5-6H3,(H,34,36)/b28-19+. The lowest BCUT2D eigenvalue weighted by molar-refractivity contribution is -0.123. The molecule has 0 radical (unpaired) electrons. The molecule has 6 heteroatoms. The molecule has 0 saturated carbocycles. The SMILES string of the molecule is C=C(CCCC(CCC)CN(C)/C=c1/c(C)c(C(=O)NCC(F)(F)F)ccc1=C)c1ccc(C)cc1. The van der Waals surface area contributed by atoms with Gasteiger partial charge in [-0.3, -0.25) is 4.79 Å². The molecule has 2 aromatic carbocycles. The van der Waals surface area contributed by atoms with Crippen molar-refractivity contribution in [1.82, 2.24) is 10.2 Å². The Bertz CT molecular complexity index is 1140. The van der Waals surface area contributed by atoms with Gasteiger partial charge in [-0.15, -0.1) is 0 Å². The molecule has 1 atom stereocenters. The zero-order valence-electron chi connectivity index (χ0n) is 22.0. The summed E-state index contributed by atoms with van der Waals surface area (Å²) in [6.45, 7) is 13.8. The van der Waals surface area contributed by atoms with Gasteiger partial charge in [-0.05, 0) is 73.4 Å². The number of nitrogens with zero attached hydrogens (tertiary/aromatic N) is 1. The maximum Gasteiger partial charge on any atom is 0.405 e. The first-order chi connectivity index (χ1) is 16.9. The molecule has 0 fully saturated rings. The first-order valence-corrected chi connectivity index (χ1v) is 12.5. The maximum atomic E-state index is 12.5. The van der Waals surface area contributed by atoms with Gasteiger partial charge in [-0.2, -0.15) is 13.2 Å². The summed E-state index contributed by atoms with van der Waals surface area (Å²) in [6.07, 6.45) is 2.77. The van der Waals surface area contributed by atoms with Crippen LogP contribution in [-0.4, -0.2) is 37.1 Å². The zero-order valence-corrected chi connectivity index (χ0v) is 22.0. The highest BCUT2D eigenvalue weighted by Crippen LogP contribution is 2.23. The molecule has 0 bridgehead atoms. The van der Waals surface area contributed by atoms with Gasteiger partial charge in [0.15, 0.2) is 0 Å². The fraction of sp³-hybridized carbons (Fsp3) is 0.433. The molecular weight excluding hydrogens is 461 g/mol. The minimum Gasteiger partial charge on any atom is -0.380 e. The van der Waals surface area contributed by atoms with E-state index in [2.05, 4.69) is 56.2 Å². The highest BCUT2D eigenvalue weighted by molar-refractivity contribution is 5.95. The summed E-state index contributed by atoms with van der Waals surface area (Å²) in [5, 5.41) is 3.45. The molecule has 1 amide bonds. The summed E-state index contributed by atoms with van der Waals surface area (Å²) < 4.78 is 37.6. The van der Waals surface area contributed by atoms with E-state index in [0.717, 1.165) is 54.7 Å². The molecule has 1 N–H and O–H groups in total. The minimum absolute atomic E-state index is 0.228. The third kappa shape index (κ3) is 9.21. The number of allylic oxidation sites excluding steroid dienone is 1. The number of aryl methyl sites for hydroxylation is 1. The van der Waals surface area contributed by atoms with Gasteiger partial charge in [-0.1, -0.05) is 62.4 Å². The molecule has 0 spiro atoms. The Kier molecular flexibility index (Phi) is 10.8. The Morgan fingerprint density at radius 1 is 1.11 bits per heavy atom. The molecular formula is C30H39F3N2O. The molecule has 0 saturated heterocycles. The fourth-order valence-corrected chi connectivity index (χ4v) is 4.44. The Balaban J connectivity index is 2.07. The summed E-state index contributed by atoms with van der Waals surface area (Å²) in [5.41, 5.74) is 4.43. The fourth-order valence-electron chi connectivity index (χ4n) is 4.44. The van der Waals surface area contributed by atoms with Crippen molar-refractivity contribution in [1.29, 1.82) is 0 Å². The monoisotopic (exact) mass is 500 g/mol. The van der Waals surface area contributed by atoms with Gasteiger partial charge >= 0.3 is 6.18 Å². The van der Waals surface area contributed by atoms with E-state index in [9.17, 15) is 18.0 Å². The summed E-state index contributed by atoms with van der Waals surface area (Å²) in [5.74, 6) is -0.242. The zero-order chi connectivity index (χ0) is 26.9. The van der Waals surface area contributed by atoms with Crippen molar-refractivity contribution in [2.24, 2.45) is 5.92 Å². The average molecular weight is 501 g/mol. The summed E-state index contributed by atoms with van der Waals surface area (Å²) >= 11 is 0. The largest absolute Gasteiger partial charge is 0.405 e. The Morgan fingerprint density at radius 3 is 2.39 bits per heavy atom. The molecule has 3 nitrogen and oxygen atoms in total. The Hall–Kier alpha value is -3.02. The average Bonchev–Trinajstić information content (AvgIpc) is 2.80. The summed E-state index contributed by atoms with van der Waals surface area (Å²) in [7, 11) is 1.99. The number of halogens is 3. The Morgan fingerprint density at radius 2 is 1.78 bits per heavy atom. The van der Waals surface area contributed by atoms with Crippen LogP contribution in [0.5, 0.6) is 0 Å². The van der Waals surface area contributed by atoms with Crippen LogP contribution in [-0.2, 0) is 0 Å². The highest BCUT2D eigenvalue weighted by atomic mass is 19.4. The maximum absolute atomic E-state index is 12.5. The normalized spacial score (nSPS) is 12.9. The first kappa shape index (κ1) is 29.2. The second-order valence-corrected chi connectivity index (χ2v) is 9.69. The van der Waals surface area contributed by atoms with Crippen molar-refractivity contribution in [2.45, 2.75) is 59.1 Å². The van der Waals surface area contributed by atoms with Crippen molar-refractivity contribution in [3.8, 4) is 0 Å². The van der Waals surface area contributed by atoms with Crippen molar-refractivity contribution >= 4 is 24.3 Å². The second kappa shape index (κ2) is 13.3. The van der Waals surface area contributed by atoms with Crippen LogP contribution in [0.15, 0.2) is 43.0 Å². The van der Waals surface area contributed by atoms with Gasteiger partial charge in [0, 0.05) is 30.6 Å². The molecule has 196 valence electrons. The predicted molar refractivity (Wildman–Crippen MR) is 144 cm³/mol. The van der Waals surface area contributed by atoms with Crippen molar-refractivity contribution in [2.75, 3.05) is 20.1 Å². The van der Waals surface area contributed by atoms with Gasteiger partial charge in [-0.25, -0.2) is 0 Å². The van der Waals surface area contributed by atoms with Crippen LogP contribution in [0.4, 0.5) is 13.2 Å². The van der Waals surface area contributed by atoms with E-state index in [4.69, 9.17) is 0 Å². The van der Waals surface area contributed by atoms with Crippen LogP contribution in [0, 0.1) is 19.8 Å². The number of hydrogen-bond donors (Lipinski definition) is 1. The number of rotatable bonds is 12. The quantitative estimate of drug-likeness (QED) is 0.389. The van der Waals surface area contributed by atoms with E-state index < -0.39 is 18.6 Å². The van der Waals surface area contributed by atoms with Crippen LogP contribution >= 0.6 is 0 Å². The van der Waals surface area contributed by atoms with E-state index in [1.807, 2.05) is 18.6 Å². The van der Waals surface area contributed by atoms with Crippen molar-refractivity contribution in [3.05, 3.63) is 75.7 Å². The van der Waals surface area contributed by atoms with Crippen LogP contribution in [0.25, 0.3) is 18.4 Å². The molecule has 0 aromatic heterocycles. The number of amides is 1. The van der Waals surface area contributed by atoms with Crippen LogP contribution in [0.1, 0.15) is 66.1 Å². The third-order valence-corrected chi connectivity index (χ3v) is 6.44. The predicted octanol–water partition coefficient (Wildman–Crippen LogP) is 5.98. The molecule has 0 aliphatic rings. The number of alkyl halides is 3. The third-order valence-electron chi connectivity index (χ3n) is 6.44. The summed E-state index contributed by atoms with van der Waals surface area (Å²) in [6, 6.07) is 11.7. The van der Waals surface area contributed by atoms with Crippen molar-refractivity contribution < 1.29 is 18.0 Å². The second-order valence-electron chi connectivity index (χ2n) is 9.69. The van der Waals surface area contributed by atoms with Crippen LogP contribution < -0.4 is 15.8 Å². The van der Waals surface area contributed by atoms with Crippen molar-refractivity contribution in [3.63, 3.8) is 0 Å². The van der Waals surface area contributed by atoms with Gasteiger partial charge in [0.25, 0.3) is 5.91 Å². The lowest BCUT2D eigenvalue weighted by Crippen LogP contribution is -2.37. The van der Waals surface area contributed by atoms with E-state index in [-0.39, 0.29) is 5.56 Å². The smallest absolute Gasteiger partial charge is 0.380 e. The van der Waals surface area contributed by atoms with E-state index >= 15 is 0 Å². The number of hydrogen-bond acceptors (Lipinski definition) is 2. The molecule has 0 heterocycles. The number of nitrogens with one attached hydrogen (secondary N) is 1. The molecule has 36 heavy (non-hydrogen) atoms. The number of carbonyl (C=O) groups excluding carboxylic acids is 1. The van der Waals surface area contributed by atoms with E-state index in [0.29, 0.717) is 11.5 Å². The van der Waals surface area contributed by atoms with Gasteiger partial charge in [0.05, 0.1) is 0 Å². The molecule has 0 aliphatic heterocycles. The van der Waals surface area contributed by atoms with Gasteiger partial charge in [0.2, 0.25) is 0 Å².